The lowest BCUT2D eigenvalue weighted by Gasteiger charge is -2.31. The average Bonchev–Trinajstić information content (AvgIpc) is 3.13. The maximum Gasteiger partial charge on any atom is 0.253 e. The Balaban J connectivity index is 1.26. The molecular weight excluding hydrogens is 408 g/mol. The molecule has 1 fully saturated rings. The fourth-order valence-electron chi connectivity index (χ4n) is 3.96. The van der Waals surface area contributed by atoms with Crippen LogP contribution in [0, 0.1) is 26.7 Å². The van der Waals surface area contributed by atoms with Crippen molar-refractivity contribution < 1.29 is 4.79 Å². The Morgan fingerprint density at radius 3 is 2.41 bits per heavy atom. The number of carbonyl (C=O) groups excluding carboxylic acids is 1. The van der Waals surface area contributed by atoms with Crippen LogP contribution in [0.1, 0.15) is 29.9 Å². The largest absolute Gasteiger partial charge is 0.355 e. The molecular formula is C22H28N8O2. The Labute approximate surface area is 186 Å². The number of hydrogen-bond donors (Lipinski definition) is 1. The molecule has 1 aliphatic rings. The molecule has 32 heavy (non-hydrogen) atoms. The smallest absolute Gasteiger partial charge is 0.253 e. The predicted octanol–water partition coefficient (Wildman–Crippen LogP) is 1.18. The number of amides is 1. The Kier molecular flexibility index (Phi) is 6.29. The van der Waals surface area contributed by atoms with Gasteiger partial charge in [-0.15, -0.1) is 10.2 Å². The van der Waals surface area contributed by atoms with Crippen molar-refractivity contribution in [2.45, 2.75) is 40.2 Å². The van der Waals surface area contributed by atoms with Gasteiger partial charge in [-0.25, -0.2) is 9.67 Å². The molecule has 1 amide bonds. The second-order valence-electron chi connectivity index (χ2n) is 8.20. The van der Waals surface area contributed by atoms with E-state index in [1.807, 2.05) is 32.0 Å². The maximum atomic E-state index is 12.5. The first-order chi connectivity index (χ1) is 15.4. The van der Waals surface area contributed by atoms with Gasteiger partial charge in [-0.2, -0.15) is 5.10 Å². The highest BCUT2D eigenvalue weighted by Gasteiger charge is 2.25. The zero-order chi connectivity index (χ0) is 22.7. The summed E-state index contributed by atoms with van der Waals surface area (Å²) in [4.78, 5) is 30.7. The van der Waals surface area contributed by atoms with E-state index in [4.69, 9.17) is 0 Å². The lowest BCUT2D eigenvalue weighted by Crippen LogP contribution is -2.42. The van der Waals surface area contributed by atoms with E-state index in [0.29, 0.717) is 24.6 Å². The van der Waals surface area contributed by atoms with Gasteiger partial charge in [0.05, 0.1) is 12.0 Å². The molecule has 1 N–H and O–H groups in total. The molecule has 3 aromatic rings. The van der Waals surface area contributed by atoms with E-state index in [1.165, 1.54) is 17.0 Å². The van der Waals surface area contributed by atoms with Crippen LogP contribution in [-0.2, 0) is 11.3 Å². The Morgan fingerprint density at radius 1 is 1.06 bits per heavy atom. The van der Waals surface area contributed by atoms with Gasteiger partial charge in [0.1, 0.15) is 0 Å². The third-order valence-electron chi connectivity index (χ3n) is 5.72. The highest BCUT2D eigenvalue weighted by molar-refractivity contribution is 5.78. The van der Waals surface area contributed by atoms with Gasteiger partial charge in [0.15, 0.2) is 11.6 Å². The van der Waals surface area contributed by atoms with Crippen LogP contribution >= 0.6 is 0 Å². The van der Waals surface area contributed by atoms with Crippen LogP contribution < -0.4 is 15.8 Å². The third-order valence-corrected chi connectivity index (χ3v) is 5.72. The summed E-state index contributed by atoms with van der Waals surface area (Å²) >= 11 is 0. The number of rotatable bonds is 6. The SMILES string of the molecule is Cc1cc(=O)n(CCNC(=O)C2CCN(c3ccc(-n4nc(C)cc4C)nn3)CC2)cn1. The lowest BCUT2D eigenvalue weighted by molar-refractivity contribution is -0.125. The zero-order valence-corrected chi connectivity index (χ0v) is 18.7. The summed E-state index contributed by atoms with van der Waals surface area (Å²) in [6, 6.07) is 7.36. The first kappa shape index (κ1) is 21.7. The molecule has 0 aliphatic carbocycles. The van der Waals surface area contributed by atoms with E-state index in [1.54, 1.807) is 11.6 Å². The molecule has 0 saturated carbocycles. The van der Waals surface area contributed by atoms with E-state index in [2.05, 4.69) is 30.5 Å². The van der Waals surface area contributed by atoms with Gasteiger partial charge in [-0.1, -0.05) is 0 Å². The standard InChI is InChI=1S/C22H28N8O2/c1-15-13-21(31)29(14-24-15)11-8-23-22(32)18-6-9-28(10-7-18)19-4-5-20(26-25-19)30-17(3)12-16(2)27-30/h4-5,12-14,18H,6-11H2,1-3H3,(H,23,32). The molecule has 0 spiro atoms. The van der Waals surface area contributed by atoms with Crippen molar-refractivity contribution in [1.29, 1.82) is 0 Å². The van der Waals surface area contributed by atoms with Crippen molar-refractivity contribution >= 4 is 11.7 Å². The molecule has 0 bridgehead atoms. The van der Waals surface area contributed by atoms with E-state index >= 15 is 0 Å². The molecule has 0 aromatic carbocycles. The number of hydrogen-bond acceptors (Lipinski definition) is 7. The first-order valence-corrected chi connectivity index (χ1v) is 10.8. The molecule has 4 rings (SSSR count). The van der Waals surface area contributed by atoms with Gasteiger partial charge in [0.2, 0.25) is 5.91 Å². The van der Waals surface area contributed by atoms with Gasteiger partial charge >= 0.3 is 0 Å². The Hall–Kier alpha value is -3.56. The summed E-state index contributed by atoms with van der Waals surface area (Å²) in [6.07, 6.45) is 3.01. The van der Waals surface area contributed by atoms with E-state index in [-0.39, 0.29) is 17.4 Å². The van der Waals surface area contributed by atoms with Crippen LogP contribution in [0.15, 0.2) is 35.4 Å². The van der Waals surface area contributed by atoms with Gasteiger partial charge in [-0.05, 0) is 51.8 Å². The van der Waals surface area contributed by atoms with Crippen molar-refractivity contribution in [3.8, 4) is 5.82 Å². The Morgan fingerprint density at radius 2 is 1.78 bits per heavy atom. The normalized spacial score (nSPS) is 14.5. The predicted molar refractivity (Wildman–Crippen MR) is 120 cm³/mol. The Bertz CT molecular complexity index is 1140. The quantitative estimate of drug-likeness (QED) is 0.618. The number of aryl methyl sites for hydroxylation is 3. The molecule has 0 unspecified atom stereocenters. The fourth-order valence-corrected chi connectivity index (χ4v) is 3.96. The summed E-state index contributed by atoms with van der Waals surface area (Å²) < 4.78 is 3.29. The number of piperidine rings is 1. The molecule has 0 radical (unpaired) electrons. The van der Waals surface area contributed by atoms with Crippen molar-refractivity contribution in [3.05, 3.63) is 58.0 Å². The first-order valence-electron chi connectivity index (χ1n) is 10.8. The third kappa shape index (κ3) is 4.84. The van der Waals surface area contributed by atoms with E-state index < -0.39 is 0 Å². The van der Waals surface area contributed by atoms with Gasteiger partial charge in [-0.3, -0.25) is 14.2 Å². The molecule has 3 aromatic heterocycles. The molecule has 4 heterocycles. The van der Waals surface area contributed by atoms with Crippen LogP contribution in [0.4, 0.5) is 5.82 Å². The average molecular weight is 437 g/mol. The van der Waals surface area contributed by atoms with Crippen LogP contribution in [-0.4, -0.2) is 55.1 Å². The highest BCUT2D eigenvalue weighted by atomic mass is 16.2. The minimum absolute atomic E-state index is 0.0312. The van der Waals surface area contributed by atoms with Gasteiger partial charge < -0.3 is 10.2 Å². The summed E-state index contributed by atoms with van der Waals surface area (Å²) in [5.74, 6) is 1.49. The van der Waals surface area contributed by atoms with E-state index in [0.717, 1.165) is 43.1 Å². The van der Waals surface area contributed by atoms with Crippen LogP contribution in [0.3, 0.4) is 0 Å². The second-order valence-corrected chi connectivity index (χ2v) is 8.20. The number of aromatic nitrogens is 6. The molecule has 168 valence electrons. The number of nitrogens with one attached hydrogen (secondary N) is 1. The number of carbonyl (C=O) groups is 1. The zero-order valence-electron chi connectivity index (χ0n) is 18.7. The van der Waals surface area contributed by atoms with Crippen molar-refractivity contribution in [1.82, 2.24) is 34.8 Å². The fraction of sp³-hybridized carbons (Fsp3) is 0.455. The van der Waals surface area contributed by atoms with Crippen molar-refractivity contribution in [3.63, 3.8) is 0 Å². The monoisotopic (exact) mass is 436 g/mol. The van der Waals surface area contributed by atoms with Gasteiger partial charge in [0, 0.05) is 49.6 Å². The molecule has 0 atom stereocenters. The van der Waals surface area contributed by atoms with Crippen LogP contribution in [0.2, 0.25) is 0 Å². The van der Waals surface area contributed by atoms with Gasteiger partial charge in [0.25, 0.3) is 5.56 Å². The summed E-state index contributed by atoms with van der Waals surface area (Å²) in [5, 5.41) is 16.1. The molecule has 10 nitrogen and oxygen atoms in total. The van der Waals surface area contributed by atoms with Crippen LogP contribution in [0.25, 0.3) is 5.82 Å². The van der Waals surface area contributed by atoms with Crippen LogP contribution in [0.5, 0.6) is 0 Å². The highest BCUT2D eigenvalue weighted by Crippen LogP contribution is 2.22. The van der Waals surface area contributed by atoms with Crippen molar-refractivity contribution in [2.75, 3.05) is 24.5 Å². The lowest BCUT2D eigenvalue weighted by atomic mass is 9.96. The minimum atomic E-state index is -0.106. The van der Waals surface area contributed by atoms with E-state index in [9.17, 15) is 9.59 Å². The second kappa shape index (κ2) is 9.29. The molecule has 1 aliphatic heterocycles. The van der Waals surface area contributed by atoms with Crippen molar-refractivity contribution in [2.24, 2.45) is 5.92 Å². The summed E-state index contributed by atoms with van der Waals surface area (Å²) in [6.45, 7) is 8.02. The summed E-state index contributed by atoms with van der Waals surface area (Å²) in [7, 11) is 0. The summed E-state index contributed by atoms with van der Waals surface area (Å²) in [5.41, 5.74) is 2.54. The molecule has 10 heteroatoms. The topological polar surface area (TPSA) is 111 Å². The number of nitrogens with zero attached hydrogens (tertiary/aromatic N) is 7. The maximum absolute atomic E-state index is 12.5. The number of anilines is 1. The molecule has 1 saturated heterocycles. The minimum Gasteiger partial charge on any atom is -0.355 e.